The molecule has 8 nitrogen and oxygen atoms in total. The second kappa shape index (κ2) is 6.66. The van der Waals surface area contributed by atoms with E-state index >= 15 is 0 Å². The number of nitrogens with zero attached hydrogens (tertiary/aromatic N) is 4. The molecule has 124 valence electrons. The van der Waals surface area contributed by atoms with Crippen molar-refractivity contribution in [1.29, 1.82) is 0 Å². The van der Waals surface area contributed by atoms with Crippen molar-refractivity contribution in [2.45, 2.75) is 31.3 Å². The van der Waals surface area contributed by atoms with Gasteiger partial charge in [-0.15, -0.1) is 0 Å². The molecule has 1 N–H and O–H groups in total. The Bertz CT molecular complexity index is 625. The summed E-state index contributed by atoms with van der Waals surface area (Å²) in [6, 6.07) is -0.0869. The molecule has 1 aliphatic heterocycles. The van der Waals surface area contributed by atoms with Gasteiger partial charge in [0.15, 0.2) is 5.03 Å². The Kier molecular flexibility index (Phi) is 5.07. The average Bonchev–Trinajstić information content (AvgIpc) is 2.73. The highest BCUT2D eigenvalue weighted by molar-refractivity contribution is 7.89. The SMILES string of the molecule is CC(C)NC(=O)N1CCCN(S(=O)(=O)c2cn(C)cn2)CC1. The summed E-state index contributed by atoms with van der Waals surface area (Å²) in [6.45, 7) is 5.40. The number of aryl methyl sites for hydroxylation is 1. The normalized spacial score (nSPS) is 17.5. The van der Waals surface area contributed by atoms with Crippen molar-refractivity contribution in [2.75, 3.05) is 26.2 Å². The van der Waals surface area contributed by atoms with E-state index < -0.39 is 10.0 Å². The lowest BCUT2D eigenvalue weighted by atomic mass is 10.4. The molecule has 2 rings (SSSR count). The number of carbonyl (C=O) groups excluding carboxylic acids is 1. The number of urea groups is 1. The largest absolute Gasteiger partial charge is 0.339 e. The van der Waals surface area contributed by atoms with Gasteiger partial charge in [-0.1, -0.05) is 0 Å². The average molecular weight is 329 g/mol. The molecule has 1 aliphatic rings. The molecule has 0 atom stereocenters. The minimum Gasteiger partial charge on any atom is -0.339 e. The van der Waals surface area contributed by atoms with E-state index in [4.69, 9.17) is 0 Å². The second-order valence-corrected chi connectivity index (χ2v) is 7.61. The number of sulfonamides is 1. The third kappa shape index (κ3) is 3.77. The van der Waals surface area contributed by atoms with Crippen LogP contribution in [-0.4, -0.2) is 65.4 Å². The molecule has 0 unspecified atom stereocenters. The van der Waals surface area contributed by atoms with Gasteiger partial charge in [-0.05, 0) is 20.3 Å². The highest BCUT2D eigenvalue weighted by Gasteiger charge is 2.29. The van der Waals surface area contributed by atoms with Crippen molar-refractivity contribution < 1.29 is 13.2 Å². The smallest absolute Gasteiger partial charge is 0.317 e. The fraction of sp³-hybridized carbons (Fsp3) is 0.692. The molecule has 1 aromatic rings. The summed E-state index contributed by atoms with van der Waals surface area (Å²) in [7, 11) is -1.87. The van der Waals surface area contributed by atoms with Crippen molar-refractivity contribution in [3.63, 3.8) is 0 Å². The monoisotopic (exact) mass is 329 g/mol. The van der Waals surface area contributed by atoms with Crippen LogP contribution in [0.2, 0.25) is 0 Å². The van der Waals surface area contributed by atoms with Gasteiger partial charge in [0, 0.05) is 45.5 Å². The van der Waals surface area contributed by atoms with Crippen LogP contribution in [0, 0.1) is 0 Å². The van der Waals surface area contributed by atoms with E-state index in [2.05, 4.69) is 10.3 Å². The first-order chi connectivity index (χ1) is 10.3. The van der Waals surface area contributed by atoms with Gasteiger partial charge in [0.2, 0.25) is 0 Å². The Balaban J connectivity index is 2.05. The summed E-state index contributed by atoms with van der Waals surface area (Å²) >= 11 is 0. The summed E-state index contributed by atoms with van der Waals surface area (Å²) in [6.07, 6.45) is 3.56. The van der Waals surface area contributed by atoms with Crippen LogP contribution in [0.25, 0.3) is 0 Å². The minimum absolute atomic E-state index is 0.0510. The molecule has 1 saturated heterocycles. The van der Waals surface area contributed by atoms with E-state index in [0.29, 0.717) is 26.1 Å². The fourth-order valence-corrected chi connectivity index (χ4v) is 3.77. The maximum Gasteiger partial charge on any atom is 0.317 e. The lowest BCUT2D eigenvalue weighted by Crippen LogP contribution is -2.44. The summed E-state index contributed by atoms with van der Waals surface area (Å²) < 4.78 is 28.1. The predicted molar refractivity (Wildman–Crippen MR) is 81.8 cm³/mol. The van der Waals surface area contributed by atoms with Gasteiger partial charge in [0.1, 0.15) is 0 Å². The van der Waals surface area contributed by atoms with Gasteiger partial charge < -0.3 is 14.8 Å². The van der Waals surface area contributed by atoms with Gasteiger partial charge in [0.25, 0.3) is 10.0 Å². The number of hydrogen-bond acceptors (Lipinski definition) is 4. The lowest BCUT2D eigenvalue weighted by molar-refractivity contribution is 0.198. The second-order valence-electron chi connectivity index (χ2n) is 5.73. The van der Waals surface area contributed by atoms with Crippen LogP contribution in [0.5, 0.6) is 0 Å². The van der Waals surface area contributed by atoms with E-state index in [-0.39, 0.29) is 23.6 Å². The summed E-state index contributed by atoms with van der Waals surface area (Å²) in [5, 5.41) is 2.88. The highest BCUT2D eigenvalue weighted by atomic mass is 32.2. The molecule has 0 saturated carbocycles. The van der Waals surface area contributed by atoms with Crippen LogP contribution in [0.3, 0.4) is 0 Å². The molecular formula is C13H23N5O3S. The van der Waals surface area contributed by atoms with Gasteiger partial charge in [-0.2, -0.15) is 4.31 Å². The molecule has 0 aromatic carbocycles. The number of carbonyl (C=O) groups is 1. The summed E-state index contributed by atoms with van der Waals surface area (Å²) in [4.78, 5) is 17.6. The first-order valence-corrected chi connectivity index (χ1v) is 8.78. The molecule has 1 aromatic heterocycles. The molecule has 0 radical (unpaired) electrons. The molecule has 1 fully saturated rings. The Morgan fingerprint density at radius 1 is 1.27 bits per heavy atom. The molecule has 2 amide bonds. The minimum atomic E-state index is -3.59. The van der Waals surface area contributed by atoms with E-state index in [0.717, 1.165) is 0 Å². The van der Waals surface area contributed by atoms with E-state index in [1.807, 2.05) is 13.8 Å². The Morgan fingerprint density at radius 3 is 2.59 bits per heavy atom. The Morgan fingerprint density at radius 2 is 2.00 bits per heavy atom. The molecule has 0 spiro atoms. The zero-order valence-electron chi connectivity index (χ0n) is 13.2. The zero-order chi connectivity index (χ0) is 16.3. The molecule has 0 bridgehead atoms. The number of hydrogen-bond donors (Lipinski definition) is 1. The van der Waals surface area contributed by atoms with Gasteiger partial charge in [0.05, 0.1) is 6.33 Å². The first kappa shape index (κ1) is 16.8. The number of aromatic nitrogens is 2. The standard InChI is InChI=1S/C13H23N5O3S/c1-11(2)15-13(19)17-5-4-6-18(8-7-17)22(20,21)12-9-16(3)10-14-12/h9-11H,4-8H2,1-3H3,(H,15,19). The van der Waals surface area contributed by atoms with Crippen molar-refractivity contribution in [1.82, 2.24) is 24.1 Å². The van der Waals surface area contributed by atoms with Crippen molar-refractivity contribution in [2.24, 2.45) is 7.05 Å². The van der Waals surface area contributed by atoms with Crippen LogP contribution < -0.4 is 5.32 Å². The third-order valence-corrected chi connectivity index (χ3v) is 5.22. The van der Waals surface area contributed by atoms with Crippen LogP contribution in [0.1, 0.15) is 20.3 Å². The van der Waals surface area contributed by atoms with Crippen molar-refractivity contribution >= 4 is 16.1 Å². The molecule has 22 heavy (non-hydrogen) atoms. The number of imidazole rings is 1. The van der Waals surface area contributed by atoms with Crippen LogP contribution in [0.4, 0.5) is 4.79 Å². The maximum absolute atomic E-state index is 12.5. The van der Waals surface area contributed by atoms with Crippen LogP contribution in [0.15, 0.2) is 17.6 Å². The van der Waals surface area contributed by atoms with Gasteiger partial charge in [-0.3, -0.25) is 0 Å². The molecular weight excluding hydrogens is 306 g/mol. The van der Waals surface area contributed by atoms with Crippen molar-refractivity contribution in [3.8, 4) is 0 Å². The van der Waals surface area contributed by atoms with Gasteiger partial charge >= 0.3 is 6.03 Å². The maximum atomic E-state index is 12.5. The number of amides is 2. The van der Waals surface area contributed by atoms with Crippen LogP contribution in [-0.2, 0) is 17.1 Å². The van der Waals surface area contributed by atoms with E-state index in [1.54, 1.807) is 16.5 Å². The third-order valence-electron chi connectivity index (χ3n) is 3.44. The lowest BCUT2D eigenvalue weighted by Gasteiger charge is -2.22. The van der Waals surface area contributed by atoms with Crippen molar-refractivity contribution in [3.05, 3.63) is 12.5 Å². The summed E-state index contributed by atoms with van der Waals surface area (Å²) in [5.74, 6) is 0. The Hall–Kier alpha value is -1.61. The molecule has 0 aliphatic carbocycles. The predicted octanol–water partition coefficient (Wildman–Crippen LogP) is 0.235. The quantitative estimate of drug-likeness (QED) is 0.860. The molecule has 2 heterocycles. The van der Waals surface area contributed by atoms with E-state index in [9.17, 15) is 13.2 Å². The number of nitrogens with one attached hydrogen (secondary N) is 1. The molecule has 9 heteroatoms. The van der Waals surface area contributed by atoms with Crippen LogP contribution >= 0.6 is 0 Å². The summed E-state index contributed by atoms with van der Waals surface area (Å²) in [5.41, 5.74) is 0. The fourth-order valence-electron chi connectivity index (χ4n) is 2.33. The van der Waals surface area contributed by atoms with Gasteiger partial charge in [-0.25, -0.2) is 18.2 Å². The first-order valence-electron chi connectivity index (χ1n) is 7.34. The number of rotatable bonds is 3. The zero-order valence-corrected chi connectivity index (χ0v) is 14.0. The van der Waals surface area contributed by atoms with E-state index in [1.165, 1.54) is 16.8 Å². The topological polar surface area (TPSA) is 87.5 Å². The highest BCUT2D eigenvalue weighted by Crippen LogP contribution is 2.15. The Labute approximate surface area is 131 Å².